The topological polar surface area (TPSA) is 37.6 Å². The van der Waals surface area contributed by atoms with Crippen LogP contribution < -0.4 is 0 Å². The monoisotopic (exact) mass is 371 g/mol. The number of rotatable bonds is 4. The maximum atomic E-state index is 4.50. The molecule has 22 heavy (non-hydrogen) atoms. The minimum absolute atomic E-state index is 0.577. The highest BCUT2D eigenvalue weighted by atomic mass is 79.9. The van der Waals surface area contributed by atoms with Gasteiger partial charge in [-0.3, -0.25) is 0 Å². The third kappa shape index (κ3) is 3.87. The van der Waals surface area contributed by atoms with Crippen LogP contribution >= 0.6 is 27.3 Å². The Kier molecular flexibility index (Phi) is 4.75. The van der Waals surface area contributed by atoms with Crippen molar-refractivity contribution in [1.29, 1.82) is 0 Å². The first-order chi connectivity index (χ1) is 10.7. The van der Waals surface area contributed by atoms with Gasteiger partial charge < -0.3 is 0 Å². The van der Waals surface area contributed by atoms with E-state index in [9.17, 15) is 0 Å². The summed E-state index contributed by atoms with van der Waals surface area (Å²) in [5.74, 6) is 0. The van der Waals surface area contributed by atoms with Crippen molar-refractivity contribution in [3.63, 3.8) is 0 Å². The summed E-state index contributed by atoms with van der Waals surface area (Å²) in [6.45, 7) is 2.65. The largest absolute Gasteiger partial charge is 0.230 e. The first-order valence-corrected chi connectivity index (χ1v) is 8.52. The molecule has 0 aliphatic heterocycles. The van der Waals surface area contributed by atoms with Crippen molar-refractivity contribution in [3.8, 4) is 11.3 Å². The van der Waals surface area contributed by atoms with Crippen LogP contribution in [0.2, 0.25) is 0 Å². The second-order valence-electron chi connectivity index (χ2n) is 4.91. The first kappa shape index (κ1) is 15.1. The number of halogens is 1. The standard InChI is InChI=1S/C17H14BrN3S/c1-12-2-4-13(5-3-12)10-19-21-17-20-16(11-22-17)14-6-8-15(18)9-7-14/h2-9,11H,10H2,1H3. The molecule has 1 heterocycles. The molecule has 0 saturated carbocycles. The van der Waals surface area contributed by atoms with Gasteiger partial charge in [0.2, 0.25) is 5.13 Å². The molecule has 0 aliphatic rings. The molecule has 1 aromatic heterocycles. The van der Waals surface area contributed by atoms with E-state index in [-0.39, 0.29) is 0 Å². The lowest BCUT2D eigenvalue weighted by Gasteiger charge is -1.96. The van der Waals surface area contributed by atoms with Crippen molar-refractivity contribution in [1.82, 2.24) is 4.98 Å². The van der Waals surface area contributed by atoms with Gasteiger partial charge in [-0.1, -0.05) is 57.9 Å². The van der Waals surface area contributed by atoms with Crippen molar-refractivity contribution in [2.24, 2.45) is 10.2 Å². The third-order valence-corrected chi connectivity index (χ3v) is 4.42. The van der Waals surface area contributed by atoms with E-state index in [4.69, 9.17) is 0 Å². The summed E-state index contributed by atoms with van der Waals surface area (Å²) in [5, 5.41) is 11.1. The van der Waals surface area contributed by atoms with Crippen molar-refractivity contribution in [2.75, 3.05) is 0 Å². The zero-order valence-electron chi connectivity index (χ0n) is 12.0. The van der Waals surface area contributed by atoms with Crippen molar-refractivity contribution in [2.45, 2.75) is 13.5 Å². The fraction of sp³-hybridized carbons (Fsp3) is 0.118. The smallest absolute Gasteiger partial charge is 0.217 e. The Bertz CT molecular complexity index is 776. The summed E-state index contributed by atoms with van der Waals surface area (Å²) >= 11 is 4.94. The number of nitrogens with zero attached hydrogens (tertiary/aromatic N) is 3. The average Bonchev–Trinajstić information content (AvgIpc) is 2.99. The van der Waals surface area contributed by atoms with Crippen molar-refractivity contribution >= 4 is 32.4 Å². The number of hydrogen-bond donors (Lipinski definition) is 0. The van der Waals surface area contributed by atoms with Crippen LogP contribution in [0.3, 0.4) is 0 Å². The van der Waals surface area contributed by atoms with E-state index in [1.165, 1.54) is 16.9 Å². The number of aryl methyl sites for hydroxylation is 1. The van der Waals surface area contributed by atoms with Crippen molar-refractivity contribution < 1.29 is 0 Å². The number of thiazole rings is 1. The average molecular weight is 372 g/mol. The molecule has 0 N–H and O–H groups in total. The molecule has 0 amide bonds. The lowest BCUT2D eigenvalue weighted by Crippen LogP contribution is -1.80. The van der Waals surface area contributed by atoms with Gasteiger partial charge in [0, 0.05) is 15.4 Å². The third-order valence-electron chi connectivity index (χ3n) is 3.16. The molecule has 2 aromatic carbocycles. The van der Waals surface area contributed by atoms with Crippen molar-refractivity contribution in [3.05, 3.63) is 69.5 Å². The van der Waals surface area contributed by atoms with Gasteiger partial charge in [0.05, 0.1) is 12.2 Å². The summed E-state index contributed by atoms with van der Waals surface area (Å²) in [6, 6.07) is 16.4. The Morgan fingerprint density at radius 2 is 1.77 bits per heavy atom. The number of aromatic nitrogens is 1. The molecule has 0 atom stereocenters. The first-order valence-electron chi connectivity index (χ1n) is 6.85. The van der Waals surface area contributed by atoms with Crippen LogP contribution in [-0.2, 0) is 6.54 Å². The molecular weight excluding hydrogens is 358 g/mol. The molecule has 0 bridgehead atoms. The van der Waals surface area contributed by atoms with Crippen LogP contribution in [0.5, 0.6) is 0 Å². The molecule has 0 fully saturated rings. The Balaban J connectivity index is 1.67. The Morgan fingerprint density at radius 1 is 1.05 bits per heavy atom. The highest BCUT2D eigenvalue weighted by molar-refractivity contribution is 9.10. The maximum Gasteiger partial charge on any atom is 0.230 e. The van der Waals surface area contributed by atoms with Gasteiger partial charge in [0.1, 0.15) is 0 Å². The summed E-state index contributed by atoms with van der Waals surface area (Å²) in [6.07, 6.45) is 0. The number of benzene rings is 2. The van der Waals surface area contributed by atoms with Crippen LogP contribution in [0, 0.1) is 6.92 Å². The molecule has 0 spiro atoms. The van der Waals surface area contributed by atoms with E-state index in [1.54, 1.807) is 0 Å². The van der Waals surface area contributed by atoms with E-state index < -0.39 is 0 Å². The van der Waals surface area contributed by atoms with Gasteiger partial charge in [0.15, 0.2) is 0 Å². The zero-order chi connectivity index (χ0) is 15.4. The highest BCUT2D eigenvalue weighted by Crippen LogP contribution is 2.27. The summed E-state index contributed by atoms with van der Waals surface area (Å²) < 4.78 is 1.06. The molecule has 3 nitrogen and oxygen atoms in total. The summed E-state index contributed by atoms with van der Waals surface area (Å²) in [5.41, 5.74) is 4.42. The van der Waals surface area contributed by atoms with Gasteiger partial charge in [0.25, 0.3) is 0 Å². The summed E-state index contributed by atoms with van der Waals surface area (Å²) in [4.78, 5) is 4.50. The minimum Gasteiger partial charge on any atom is -0.217 e. The number of azo groups is 1. The normalized spacial score (nSPS) is 11.2. The molecule has 0 aliphatic carbocycles. The molecule has 0 radical (unpaired) electrons. The second kappa shape index (κ2) is 6.94. The van der Waals surface area contributed by atoms with Gasteiger partial charge in [-0.25, -0.2) is 4.98 Å². The zero-order valence-corrected chi connectivity index (χ0v) is 14.4. The Labute approximate surface area is 141 Å². The molecule has 110 valence electrons. The number of hydrogen-bond acceptors (Lipinski definition) is 4. The molecular formula is C17H14BrN3S. The van der Waals surface area contributed by atoms with Gasteiger partial charge in [-0.15, -0.1) is 16.5 Å². The molecule has 3 aromatic rings. The molecule has 5 heteroatoms. The molecule has 3 rings (SSSR count). The highest BCUT2D eigenvalue weighted by Gasteiger charge is 2.03. The molecule has 0 saturated heterocycles. The Morgan fingerprint density at radius 3 is 2.50 bits per heavy atom. The predicted molar refractivity (Wildman–Crippen MR) is 94.6 cm³/mol. The minimum atomic E-state index is 0.577. The quantitative estimate of drug-likeness (QED) is 0.505. The van der Waals surface area contributed by atoms with Gasteiger partial charge >= 0.3 is 0 Å². The second-order valence-corrected chi connectivity index (χ2v) is 6.66. The van der Waals surface area contributed by atoms with Crippen LogP contribution in [-0.4, -0.2) is 4.98 Å². The summed E-state index contributed by atoms with van der Waals surface area (Å²) in [7, 11) is 0. The van der Waals surface area contributed by atoms with Crippen LogP contribution in [0.1, 0.15) is 11.1 Å². The molecule has 0 unspecified atom stereocenters. The van der Waals surface area contributed by atoms with E-state index in [1.807, 2.05) is 29.6 Å². The lowest BCUT2D eigenvalue weighted by molar-refractivity contribution is 0.954. The van der Waals surface area contributed by atoms with Gasteiger partial charge in [-0.2, -0.15) is 5.11 Å². The fourth-order valence-corrected chi connectivity index (χ4v) is 2.86. The van der Waals surface area contributed by atoms with Crippen LogP contribution in [0.25, 0.3) is 11.3 Å². The SMILES string of the molecule is Cc1ccc(CN=Nc2nc(-c3ccc(Br)cc3)cs2)cc1. The predicted octanol–water partition coefficient (Wildman–Crippen LogP) is 6.16. The fourth-order valence-electron chi connectivity index (χ4n) is 1.93. The van der Waals surface area contributed by atoms with E-state index in [0.29, 0.717) is 11.7 Å². The van der Waals surface area contributed by atoms with Gasteiger partial charge in [-0.05, 0) is 24.6 Å². The van der Waals surface area contributed by atoms with E-state index in [2.05, 4.69) is 62.3 Å². The maximum absolute atomic E-state index is 4.50. The van der Waals surface area contributed by atoms with Crippen LogP contribution in [0.4, 0.5) is 5.13 Å². The van der Waals surface area contributed by atoms with E-state index in [0.717, 1.165) is 21.3 Å². The Hall–Kier alpha value is -1.85. The van der Waals surface area contributed by atoms with Crippen LogP contribution in [0.15, 0.2) is 68.6 Å². The lowest BCUT2D eigenvalue weighted by atomic mass is 10.2. The van der Waals surface area contributed by atoms with E-state index >= 15 is 0 Å².